The maximum atomic E-state index is 12.2. The minimum Gasteiger partial charge on any atom is -0.497 e. The van der Waals surface area contributed by atoms with Gasteiger partial charge < -0.3 is 20.5 Å². The van der Waals surface area contributed by atoms with Crippen molar-refractivity contribution in [1.29, 1.82) is 0 Å². The lowest BCUT2D eigenvalue weighted by Gasteiger charge is -2.16. The van der Waals surface area contributed by atoms with E-state index in [0.717, 1.165) is 23.3 Å². The molecule has 0 bridgehead atoms. The number of amides is 2. The molecule has 2 aromatic carbocycles. The predicted octanol–water partition coefficient (Wildman–Crippen LogP) is 2.84. The van der Waals surface area contributed by atoms with Crippen LogP contribution in [0.5, 0.6) is 11.5 Å². The van der Waals surface area contributed by atoms with Crippen LogP contribution in [-0.4, -0.2) is 25.5 Å². The number of methoxy groups -OCH3 is 1. The van der Waals surface area contributed by atoms with Crippen molar-refractivity contribution in [1.82, 2.24) is 5.32 Å². The van der Waals surface area contributed by atoms with Crippen LogP contribution in [0, 0.1) is 0 Å². The average Bonchev–Trinajstić information content (AvgIpc) is 2.69. The monoisotopic (exact) mass is 368 g/mol. The smallest absolute Gasteiger partial charge is 0.255 e. The third-order valence-electron chi connectivity index (χ3n) is 3.93. The van der Waals surface area contributed by atoms with Gasteiger partial charge in [-0.25, -0.2) is 0 Å². The summed E-state index contributed by atoms with van der Waals surface area (Å²) in [6, 6.07) is 14.6. The van der Waals surface area contributed by atoms with E-state index in [9.17, 15) is 9.59 Å². The summed E-state index contributed by atoms with van der Waals surface area (Å²) in [5, 5.41) is 2.99. The van der Waals surface area contributed by atoms with Gasteiger partial charge in [0.25, 0.3) is 5.91 Å². The van der Waals surface area contributed by atoms with Crippen molar-refractivity contribution in [2.24, 2.45) is 5.73 Å². The molecule has 0 aliphatic heterocycles. The molecule has 0 saturated carbocycles. The molecular formula is C21H24N2O4. The lowest BCUT2D eigenvalue weighted by molar-refractivity contribution is -0.120. The Labute approximate surface area is 159 Å². The van der Waals surface area contributed by atoms with E-state index in [-0.39, 0.29) is 18.6 Å². The number of benzene rings is 2. The van der Waals surface area contributed by atoms with Crippen molar-refractivity contribution in [3.8, 4) is 11.5 Å². The molecule has 1 atom stereocenters. The largest absolute Gasteiger partial charge is 0.497 e. The molecule has 0 aliphatic rings. The second-order valence-corrected chi connectivity index (χ2v) is 5.90. The molecule has 0 aromatic heterocycles. The lowest BCUT2D eigenvalue weighted by atomic mass is 10.0. The number of ether oxygens (including phenoxy) is 2. The second kappa shape index (κ2) is 10.0. The Bertz CT molecular complexity index is 783. The summed E-state index contributed by atoms with van der Waals surface area (Å²) in [6.45, 7) is 1.85. The van der Waals surface area contributed by atoms with Gasteiger partial charge in [0.15, 0.2) is 6.61 Å². The van der Waals surface area contributed by atoms with Crippen LogP contribution in [0.4, 0.5) is 0 Å². The molecule has 142 valence electrons. The van der Waals surface area contributed by atoms with Crippen molar-refractivity contribution >= 4 is 17.9 Å². The summed E-state index contributed by atoms with van der Waals surface area (Å²) in [5.41, 5.74) is 6.90. The predicted molar refractivity (Wildman–Crippen MR) is 104 cm³/mol. The number of nitrogens with two attached hydrogens (primary N) is 1. The Morgan fingerprint density at radius 3 is 2.26 bits per heavy atom. The first-order valence-electron chi connectivity index (χ1n) is 8.65. The molecule has 2 rings (SSSR count). The SMILES string of the molecule is CCC(NC(=O)/C=C/c1ccc(OCC(N)=O)cc1)c1ccc(OC)cc1. The van der Waals surface area contributed by atoms with E-state index < -0.39 is 5.91 Å². The zero-order valence-corrected chi connectivity index (χ0v) is 15.5. The minimum atomic E-state index is -0.530. The summed E-state index contributed by atoms with van der Waals surface area (Å²) < 4.78 is 10.4. The van der Waals surface area contributed by atoms with E-state index in [1.54, 1.807) is 37.5 Å². The van der Waals surface area contributed by atoms with E-state index >= 15 is 0 Å². The van der Waals surface area contributed by atoms with Crippen LogP contribution in [0.25, 0.3) is 6.08 Å². The van der Waals surface area contributed by atoms with Crippen LogP contribution in [0.1, 0.15) is 30.5 Å². The van der Waals surface area contributed by atoms with Crippen molar-refractivity contribution in [3.05, 3.63) is 65.7 Å². The van der Waals surface area contributed by atoms with Gasteiger partial charge in [0.2, 0.25) is 5.91 Å². The molecule has 1 unspecified atom stereocenters. The van der Waals surface area contributed by atoms with E-state index in [1.165, 1.54) is 6.08 Å². The van der Waals surface area contributed by atoms with Gasteiger partial charge in [0.1, 0.15) is 11.5 Å². The maximum Gasteiger partial charge on any atom is 0.255 e. The highest BCUT2D eigenvalue weighted by molar-refractivity contribution is 5.92. The lowest BCUT2D eigenvalue weighted by Crippen LogP contribution is -2.26. The number of hydrogen-bond acceptors (Lipinski definition) is 4. The highest BCUT2D eigenvalue weighted by Gasteiger charge is 2.11. The number of nitrogens with one attached hydrogen (secondary N) is 1. The standard InChI is InChI=1S/C21H24N2O4/c1-3-19(16-7-11-17(26-2)12-8-16)23-21(25)13-6-15-4-9-18(10-5-15)27-14-20(22)24/h4-13,19H,3,14H2,1-2H3,(H2,22,24)(H,23,25)/b13-6+. The molecule has 0 spiro atoms. The maximum absolute atomic E-state index is 12.2. The van der Waals surface area contributed by atoms with Gasteiger partial charge in [0, 0.05) is 6.08 Å². The third kappa shape index (κ3) is 6.51. The van der Waals surface area contributed by atoms with Crippen molar-refractivity contribution in [3.63, 3.8) is 0 Å². The van der Waals surface area contributed by atoms with Crippen molar-refractivity contribution < 1.29 is 19.1 Å². The van der Waals surface area contributed by atoms with E-state index in [0.29, 0.717) is 5.75 Å². The normalized spacial score (nSPS) is 11.8. The molecule has 0 radical (unpaired) electrons. The fourth-order valence-corrected chi connectivity index (χ4v) is 2.48. The Morgan fingerprint density at radius 1 is 1.07 bits per heavy atom. The number of hydrogen-bond donors (Lipinski definition) is 2. The quantitative estimate of drug-likeness (QED) is 0.666. The van der Waals surface area contributed by atoms with E-state index in [2.05, 4.69) is 5.32 Å². The van der Waals surface area contributed by atoms with Gasteiger partial charge in [-0.3, -0.25) is 9.59 Å². The van der Waals surface area contributed by atoms with Gasteiger partial charge in [0.05, 0.1) is 13.2 Å². The Hall–Kier alpha value is -3.28. The van der Waals surface area contributed by atoms with Gasteiger partial charge in [-0.1, -0.05) is 31.2 Å². The zero-order chi connectivity index (χ0) is 19.6. The number of rotatable bonds is 9. The summed E-state index contributed by atoms with van der Waals surface area (Å²) in [6.07, 6.45) is 3.98. The van der Waals surface area contributed by atoms with Crippen molar-refractivity contribution in [2.75, 3.05) is 13.7 Å². The molecule has 2 aromatic rings. The molecular weight excluding hydrogens is 344 g/mol. The first-order valence-corrected chi connectivity index (χ1v) is 8.65. The third-order valence-corrected chi connectivity index (χ3v) is 3.93. The average molecular weight is 368 g/mol. The highest BCUT2D eigenvalue weighted by atomic mass is 16.5. The Kier molecular flexibility index (Phi) is 7.43. The highest BCUT2D eigenvalue weighted by Crippen LogP contribution is 2.20. The zero-order valence-electron chi connectivity index (χ0n) is 15.5. The first kappa shape index (κ1) is 20.0. The van der Waals surface area contributed by atoms with E-state index in [4.69, 9.17) is 15.2 Å². The Morgan fingerprint density at radius 2 is 1.70 bits per heavy atom. The second-order valence-electron chi connectivity index (χ2n) is 5.90. The molecule has 0 fully saturated rings. The molecule has 0 heterocycles. The molecule has 3 N–H and O–H groups in total. The minimum absolute atomic E-state index is 0.0716. The summed E-state index contributed by atoms with van der Waals surface area (Å²) >= 11 is 0. The van der Waals surface area contributed by atoms with E-state index in [1.807, 2.05) is 31.2 Å². The van der Waals surface area contributed by atoms with Gasteiger partial charge in [-0.15, -0.1) is 0 Å². The Balaban J connectivity index is 1.93. The summed E-state index contributed by atoms with van der Waals surface area (Å²) in [7, 11) is 1.62. The number of primary amides is 1. The molecule has 6 heteroatoms. The number of carbonyl (C=O) groups excluding carboxylic acids is 2. The summed E-state index contributed by atoms with van der Waals surface area (Å²) in [4.78, 5) is 22.9. The van der Waals surface area contributed by atoms with Crippen LogP contribution in [0.15, 0.2) is 54.6 Å². The van der Waals surface area contributed by atoms with Crippen molar-refractivity contribution in [2.45, 2.75) is 19.4 Å². The van der Waals surface area contributed by atoms with Gasteiger partial charge in [-0.05, 0) is 47.9 Å². The fourth-order valence-electron chi connectivity index (χ4n) is 2.48. The molecule has 0 aliphatic carbocycles. The molecule has 0 saturated heterocycles. The van der Waals surface area contributed by atoms with Crippen LogP contribution < -0.4 is 20.5 Å². The molecule has 27 heavy (non-hydrogen) atoms. The molecule has 2 amide bonds. The van der Waals surface area contributed by atoms with Crippen LogP contribution in [-0.2, 0) is 9.59 Å². The van der Waals surface area contributed by atoms with Crippen LogP contribution in [0.2, 0.25) is 0 Å². The van der Waals surface area contributed by atoms with Gasteiger partial charge in [-0.2, -0.15) is 0 Å². The number of carbonyl (C=O) groups is 2. The van der Waals surface area contributed by atoms with Crippen LogP contribution in [0.3, 0.4) is 0 Å². The summed E-state index contributed by atoms with van der Waals surface area (Å²) in [5.74, 6) is 0.619. The molecule has 6 nitrogen and oxygen atoms in total. The van der Waals surface area contributed by atoms with Crippen LogP contribution >= 0.6 is 0 Å². The van der Waals surface area contributed by atoms with Gasteiger partial charge >= 0.3 is 0 Å². The first-order chi connectivity index (χ1) is 13.0. The topological polar surface area (TPSA) is 90.6 Å². The fraction of sp³-hybridized carbons (Fsp3) is 0.238.